The van der Waals surface area contributed by atoms with Gasteiger partial charge in [-0.3, -0.25) is 19.7 Å². The predicted molar refractivity (Wildman–Crippen MR) is 100 cm³/mol. The summed E-state index contributed by atoms with van der Waals surface area (Å²) in [5.41, 5.74) is 1.03. The van der Waals surface area contributed by atoms with E-state index in [0.29, 0.717) is 28.3 Å². The van der Waals surface area contributed by atoms with Gasteiger partial charge in [0.25, 0.3) is 11.6 Å². The quantitative estimate of drug-likeness (QED) is 0.635. The number of nitrogens with one attached hydrogen (secondary N) is 2. The van der Waals surface area contributed by atoms with E-state index in [2.05, 4.69) is 10.6 Å². The number of amides is 2. The molecule has 0 bridgehead atoms. The SMILES string of the molecule is Cc1cc(C(=O)Nc2ccc3c(c2)OCC(C)(C)C(=O)N3)ccc1[N+](=O)[O-]. The molecule has 2 amide bonds. The summed E-state index contributed by atoms with van der Waals surface area (Å²) in [7, 11) is 0. The molecule has 0 aliphatic carbocycles. The standard InChI is InChI=1S/C19H19N3O5/c1-11-8-12(4-7-15(11)22(25)26)17(23)20-13-5-6-14-16(9-13)27-10-19(2,3)18(24)21-14/h4-9H,10H2,1-3H3,(H,20,23)(H,21,24). The first-order chi connectivity index (χ1) is 12.7. The average molecular weight is 369 g/mol. The topological polar surface area (TPSA) is 111 Å². The number of nitro groups is 1. The van der Waals surface area contributed by atoms with Crippen LogP contribution in [0.25, 0.3) is 0 Å². The van der Waals surface area contributed by atoms with Crippen molar-refractivity contribution >= 4 is 28.9 Å². The molecule has 0 spiro atoms. The van der Waals surface area contributed by atoms with Crippen LogP contribution in [0.3, 0.4) is 0 Å². The van der Waals surface area contributed by atoms with Gasteiger partial charge in [-0.25, -0.2) is 0 Å². The lowest BCUT2D eigenvalue weighted by atomic mass is 9.94. The first-order valence-electron chi connectivity index (χ1n) is 8.32. The molecule has 1 aliphatic heterocycles. The van der Waals surface area contributed by atoms with Crippen LogP contribution in [0, 0.1) is 22.5 Å². The van der Waals surface area contributed by atoms with E-state index in [9.17, 15) is 19.7 Å². The van der Waals surface area contributed by atoms with Crippen molar-refractivity contribution < 1.29 is 19.2 Å². The molecule has 2 N–H and O–H groups in total. The molecule has 3 rings (SSSR count). The zero-order valence-corrected chi connectivity index (χ0v) is 15.2. The van der Waals surface area contributed by atoms with Crippen LogP contribution in [0.1, 0.15) is 29.8 Å². The summed E-state index contributed by atoms with van der Waals surface area (Å²) >= 11 is 0. The number of carbonyl (C=O) groups excluding carboxylic acids is 2. The highest BCUT2D eigenvalue weighted by Crippen LogP contribution is 2.34. The highest BCUT2D eigenvalue weighted by molar-refractivity contribution is 6.05. The molecule has 1 heterocycles. The number of nitro benzene ring substituents is 1. The lowest BCUT2D eigenvalue weighted by Crippen LogP contribution is -2.33. The Labute approximate surface area is 155 Å². The van der Waals surface area contributed by atoms with Gasteiger partial charge in [0.2, 0.25) is 5.91 Å². The summed E-state index contributed by atoms with van der Waals surface area (Å²) in [5.74, 6) is -0.0723. The van der Waals surface area contributed by atoms with Gasteiger partial charge in [0.05, 0.1) is 16.0 Å². The molecular formula is C19H19N3O5. The van der Waals surface area contributed by atoms with Gasteiger partial charge >= 0.3 is 0 Å². The van der Waals surface area contributed by atoms with Crippen molar-refractivity contribution in [3.05, 3.63) is 57.6 Å². The number of aryl methyl sites for hydroxylation is 1. The minimum Gasteiger partial charge on any atom is -0.490 e. The van der Waals surface area contributed by atoms with Crippen LogP contribution in [-0.2, 0) is 4.79 Å². The van der Waals surface area contributed by atoms with E-state index in [1.54, 1.807) is 39.0 Å². The fraction of sp³-hybridized carbons (Fsp3) is 0.263. The molecule has 0 atom stereocenters. The van der Waals surface area contributed by atoms with Crippen molar-refractivity contribution in [2.45, 2.75) is 20.8 Å². The van der Waals surface area contributed by atoms with Crippen LogP contribution < -0.4 is 15.4 Å². The Morgan fingerprint density at radius 1 is 1.26 bits per heavy atom. The Morgan fingerprint density at radius 3 is 2.67 bits per heavy atom. The molecule has 0 aromatic heterocycles. The second-order valence-corrected chi connectivity index (χ2v) is 7.05. The van der Waals surface area contributed by atoms with Gasteiger partial charge in [-0.1, -0.05) is 0 Å². The Hall–Kier alpha value is -3.42. The maximum Gasteiger partial charge on any atom is 0.272 e. The fourth-order valence-electron chi connectivity index (χ4n) is 2.64. The Morgan fingerprint density at radius 2 is 2.00 bits per heavy atom. The van der Waals surface area contributed by atoms with Gasteiger partial charge in [-0.2, -0.15) is 0 Å². The van der Waals surface area contributed by atoms with Crippen LogP contribution in [0.4, 0.5) is 17.1 Å². The number of hydrogen-bond acceptors (Lipinski definition) is 5. The van der Waals surface area contributed by atoms with Crippen LogP contribution in [0.2, 0.25) is 0 Å². The number of nitrogens with zero attached hydrogens (tertiary/aromatic N) is 1. The molecule has 0 unspecified atom stereocenters. The normalized spacial score (nSPS) is 15.0. The summed E-state index contributed by atoms with van der Waals surface area (Å²) in [4.78, 5) is 35.0. The summed E-state index contributed by atoms with van der Waals surface area (Å²) in [5, 5.41) is 16.4. The molecule has 2 aromatic rings. The van der Waals surface area contributed by atoms with Gasteiger partial charge in [-0.15, -0.1) is 0 Å². The van der Waals surface area contributed by atoms with Gasteiger partial charge in [-0.05, 0) is 45.0 Å². The lowest BCUT2D eigenvalue weighted by Gasteiger charge is -2.18. The number of fused-ring (bicyclic) bond motifs is 1. The smallest absolute Gasteiger partial charge is 0.272 e. The van der Waals surface area contributed by atoms with E-state index < -0.39 is 16.2 Å². The van der Waals surface area contributed by atoms with E-state index in [0.717, 1.165) is 0 Å². The summed E-state index contributed by atoms with van der Waals surface area (Å²) in [6.07, 6.45) is 0. The average Bonchev–Trinajstić information content (AvgIpc) is 2.71. The van der Waals surface area contributed by atoms with Crippen LogP contribution >= 0.6 is 0 Å². The predicted octanol–water partition coefficient (Wildman–Crippen LogP) is 3.51. The van der Waals surface area contributed by atoms with Crippen molar-refractivity contribution in [1.82, 2.24) is 0 Å². The minimum atomic E-state index is -0.668. The van der Waals surface area contributed by atoms with E-state index in [1.165, 1.54) is 18.2 Å². The van der Waals surface area contributed by atoms with Gasteiger partial charge in [0.1, 0.15) is 12.4 Å². The Kier molecular flexibility index (Phi) is 4.57. The number of ether oxygens (including phenoxy) is 1. The fourth-order valence-corrected chi connectivity index (χ4v) is 2.64. The zero-order valence-electron chi connectivity index (χ0n) is 15.2. The van der Waals surface area contributed by atoms with Crippen molar-refractivity contribution in [2.75, 3.05) is 17.2 Å². The first-order valence-corrected chi connectivity index (χ1v) is 8.32. The molecular weight excluding hydrogens is 350 g/mol. The number of anilines is 2. The maximum atomic E-state index is 12.4. The minimum absolute atomic E-state index is 0.0386. The largest absolute Gasteiger partial charge is 0.490 e. The van der Waals surface area contributed by atoms with Crippen molar-refractivity contribution in [3.8, 4) is 5.75 Å². The molecule has 27 heavy (non-hydrogen) atoms. The zero-order chi connectivity index (χ0) is 19.8. The molecule has 0 fully saturated rings. The van der Waals surface area contributed by atoms with Crippen molar-refractivity contribution in [2.24, 2.45) is 5.41 Å². The third-order valence-corrected chi connectivity index (χ3v) is 4.35. The van der Waals surface area contributed by atoms with E-state index in [4.69, 9.17) is 4.74 Å². The molecule has 8 nitrogen and oxygen atoms in total. The molecule has 140 valence electrons. The van der Waals surface area contributed by atoms with Gasteiger partial charge < -0.3 is 15.4 Å². The molecule has 8 heteroatoms. The number of carbonyl (C=O) groups is 2. The summed E-state index contributed by atoms with van der Waals surface area (Å²) < 4.78 is 5.71. The third-order valence-electron chi connectivity index (χ3n) is 4.35. The van der Waals surface area contributed by atoms with Gasteiger partial charge in [0, 0.05) is 28.9 Å². The molecule has 0 radical (unpaired) electrons. The van der Waals surface area contributed by atoms with Crippen molar-refractivity contribution in [3.63, 3.8) is 0 Å². The molecule has 2 aromatic carbocycles. The van der Waals surface area contributed by atoms with E-state index in [1.807, 2.05) is 0 Å². The van der Waals surface area contributed by atoms with Crippen LogP contribution in [0.15, 0.2) is 36.4 Å². The number of hydrogen-bond donors (Lipinski definition) is 2. The highest BCUT2D eigenvalue weighted by Gasteiger charge is 2.32. The molecule has 1 aliphatic rings. The second-order valence-electron chi connectivity index (χ2n) is 7.05. The number of rotatable bonds is 3. The molecule has 0 saturated carbocycles. The lowest BCUT2D eigenvalue weighted by molar-refractivity contribution is -0.385. The maximum absolute atomic E-state index is 12.4. The first kappa shape index (κ1) is 18.4. The van der Waals surface area contributed by atoms with Gasteiger partial charge in [0.15, 0.2) is 0 Å². The monoisotopic (exact) mass is 369 g/mol. The van der Waals surface area contributed by atoms with Crippen molar-refractivity contribution in [1.29, 1.82) is 0 Å². The summed E-state index contributed by atoms with van der Waals surface area (Å²) in [6.45, 7) is 5.36. The second kappa shape index (κ2) is 6.71. The number of benzene rings is 2. The van der Waals surface area contributed by atoms with E-state index in [-0.39, 0.29) is 18.2 Å². The third kappa shape index (κ3) is 3.74. The highest BCUT2D eigenvalue weighted by atomic mass is 16.6. The summed E-state index contributed by atoms with van der Waals surface area (Å²) in [6, 6.07) is 9.12. The molecule has 0 saturated heterocycles. The Bertz CT molecular complexity index is 952. The van der Waals surface area contributed by atoms with Crippen LogP contribution in [0.5, 0.6) is 5.75 Å². The van der Waals surface area contributed by atoms with Crippen LogP contribution in [-0.4, -0.2) is 23.3 Å². The Balaban J connectivity index is 1.80. The van der Waals surface area contributed by atoms with E-state index >= 15 is 0 Å².